The van der Waals surface area contributed by atoms with Crippen LogP contribution >= 0.6 is 0 Å². The molecule has 1 saturated carbocycles. The summed E-state index contributed by atoms with van der Waals surface area (Å²) in [4.78, 5) is 24.8. The fraction of sp³-hybridized carbons (Fsp3) is 0.684. The zero-order valence-electron chi connectivity index (χ0n) is 15.2. The molecule has 7 heteroatoms. The van der Waals surface area contributed by atoms with Crippen LogP contribution in [0.3, 0.4) is 0 Å². The zero-order valence-corrected chi connectivity index (χ0v) is 15.2. The molecule has 1 aromatic heterocycles. The Bertz CT molecular complexity index is 843. The van der Waals surface area contributed by atoms with Gasteiger partial charge in [0.05, 0.1) is 17.6 Å². The second kappa shape index (κ2) is 5.18. The van der Waals surface area contributed by atoms with Gasteiger partial charge in [-0.3, -0.25) is 4.79 Å². The van der Waals surface area contributed by atoms with Crippen LogP contribution in [0, 0.1) is 11.3 Å². The minimum absolute atomic E-state index is 0.0459. The number of aliphatic hydroxyl groups excluding tert-OH is 3. The molecule has 2 heterocycles. The number of esters is 1. The Morgan fingerprint density at radius 1 is 1.19 bits per heavy atom. The summed E-state index contributed by atoms with van der Waals surface area (Å²) >= 11 is 0. The Balaban J connectivity index is 2.08. The number of rotatable bonds is 1. The van der Waals surface area contributed by atoms with E-state index in [1.807, 2.05) is 13.8 Å². The van der Waals surface area contributed by atoms with Crippen LogP contribution in [0.25, 0.3) is 0 Å². The molecule has 0 amide bonds. The van der Waals surface area contributed by atoms with Crippen molar-refractivity contribution in [2.24, 2.45) is 11.3 Å². The van der Waals surface area contributed by atoms with Gasteiger partial charge in [0.1, 0.15) is 18.0 Å². The van der Waals surface area contributed by atoms with E-state index < -0.39 is 52.8 Å². The van der Waals surface area contributed by atoms with Crippen LogP contribution in [-0.2, 0) is 14.9 Å². The van der Waals surface area contributed by atoms with Crippen LogP contribution in [0.1, 0.15) is 63.0 Å². The highest BCUT2D eigenvalue weighted by Crippen LogP contribution is 2.63. The summed E-state index contributed by atoms with van der Waals surface area (Å²) in [5.41, 5.74) is -1.95. The molecular formula is C19H24O7. The van der Waals surface area contributed by atoms with Crippen LogP contribution in [0.4, 0.5) is 0 Å². The minimum Gasteiger partial charge on any atom is -0.458 e. The number of ether oxygens (including phenoxy) is 1. The van der Waals surface area contributed by atoms with Crippen molar-refractivity contribution in [2.75, 3.05) is 0 Å². The Labute approximate surface area is 150 Å². The predicted octanol–water partition coefficient (Wildman–Crippen LogP) is 0.741. The Morgan fingerprint density at radius 3 is 2.46 bits per heavy atom. The van der Waals surface area contributed by atoms with Crippen molar-refractivity contribution in [2.45, 2.75) is 69.9 Å². The molecule has 0 aromatic carbocycles. The molecule has 4 rings (SSSR count). The number of fused-ring (bicyclic) bond motifs is 2. The first-order valence-corrected chi connectivity index (χ1v) is 8.97. The molecule has 1 aromatic rings. The van der Waals surface area contributed by atoms with Gasteiger partial charge in [-0.2, -0.15) is 0 Å². The molecule has 0 bridgehead atoms. The third kappa shape index (κ3) is 1.88. The van der Waals surface area contributed by atoms with E-state index >= 15 is 0 Å². The molecule has 142 valence electrons. The summed E-state index contributed by atoms with van der Waals surface area (Å²) < 4.78 is 10.9. The maximum atomic E-state index is 12.6. The first-order chi connectivity index (χ1) is 12.0. The van der Waals surface area contributed by atoms with Crippen molar-refractivity contribution < 1.29 is 29.3 Å². The highest BCUT2D eigenvalue weighted by molar-refractivity contribution is 5.81. The predicted molar refractivity (Wildman–Crippen MR) is 89.5 cm³/mol. The van der Waals surface area contributed by atoms with Crippen LogP contribution in [-0.4, -0.2) is 39.6 Å². The molecule has 26 heavy (non-hydrogen) atoms. The maximum Gasteiger partial charge on any atom is 0.336 e. The monoisotopic (exact) mass is 364 g/mol. The molecule has 7 atom stereocenters. The number of hydrogen-bond donors (Lipinski definition) is 3. The summed E-state index contributed by atoms with van der Waals surface area (Å²) in [5.74, 6) is -0.940. The van der Waals surface area contributed by atoms with E-state index in [-0.39, 0.29) is 12.3 Å². The largest absolute Gasteiger partial charge is 0.458 e. The molecule has 0 spiro atoms. The number of hydrogen-bond acceptors (Lipinski definition) is 7. The lowest BCUT2D eigenvalue weighted by Crippen LogP contribution is -2.64. The van der Waals surface area contributed by atoms with E-state index in [9.17, 15) is 24.9 Å². The molecule has 1 aliphatic heterocycles. The summed E-state index contributed by atoms with van der Waals surface area (Å²) in [6.45, 7) is 7.08. The number of carbonyl (C=O) groups is 1. The molecule has 7 nitrogen and oxygen atoms in total. The van der Waals surface area contributed by atoms with Crippen molar-refractivity contribution in [3.05, 3.63) is 33.4 Å². The van der Waals surface area contributed by atoms with Gasteiger partial charge in [-0.15, -0.1) is 0 Å². The lowest BCUT2D eigenvalue weighted by molar-refractivity contribution is -0.156. The molecule has 2 fully saturated rings. The van der Waals surface area contributed by atoms with Crippen molar-refractivity contribution in [3.8, 4) is 0 Å². The quantitative estimate of drug-likeness (QED) is 0.629. The van der Waals surface area contributed by atoms with Crippen LogP contribution in [0.15, 0.2) is 15.3 Å². The Morgan fingerprint density at radius 2 is 1.85 bits per heavy atom. The molecule has 1 unspecified atom stereocenters. The van der Waals surface area contributed by atoms with Crippen molar-refractivity contribution in [1.29, 1.82) is 0 Å². The Kier molecular flexibility index (Phi) is 3.53. The van der Waals surface area contributed by atoms with E-state index in [1.165, 1.54) is 6.07 Å². The second-order valence-electron chi connectivity index (χ2n) is 8.62. The van der Waals surface area contributed by atoms with Crippen molar-refractivity contribution in [1.82, 2.24) is 0 Å². The number of aliphatic hydroxyl groups is 3. The fourth-order valence-electron chi connectivity index (χ4n) is 5.60. The van der Waals surface area contributed by atoms with Gasteiger partial charge in [0, 0.05) is 28.9 Å². The Hall–Kier alpha value is -1.70. The van der Waals surface area contributed by atoms with Crippen LogP contribution < -0.4 is 5.63 Å². The summed E-state index contributed by atoms with van der Waals surface area (Å²) in [5, 5.41) is 32.4. The van der Waals surface area contributed by atoms with Crippen LogP contribution in [0.2, 0.25) is 0 Å². The lowest BCUT2D eigenvalue weighted by atomic mass is 9.48. The summed E-state index contributed by atoms with van der Waals surface area (Å²) in [6, 6.07) is 1.27. The van der Waals surface area contributed by atoms with E-state index in [2.05, 4.69) is 0 Å². The third-order valence-corrected chi connectivity index (χ3v) is 6.72. The average Bonchev–Trinajstić information content (AvgIpc) is 2.82. The summed E-state index contributed by atoms with van der Waals surface area (Å²) in [7, 11) is 0. The van der Waals surface area contributed by atoms with Gasteiger partial charge in [0.2, 0.25) is 0 Å². The highest BCUT2D eigenvalue weighted by atomic mass is 16.6. The first kappa shape index (κ1) is 17.7. The van der Waals surface area contributed by atoms with E-state index in [1.54, 1.807) is 13.8 Å². The standard InChI is InChI=1S/C19H24O7/c1-7(2)13-11-8(5-10(21)25-13)19(4)15-14(12(11)22)26-17(24)18(15,3)6-9(20)16(19)23/h5,7,9,12,14-16,20,22-23H,6H2,1-4H3/t9-,12+,14?,15-,16+,18-,19+/m0/s1. The maximum absolute atomic E-state index is 12.6. The molecule has 2 aliphatic carbocycles. The normalized spacial score (nSPS) is 43.8. The minimum atomic E-state index is -1.20. The van der Waals surface area contributed by atoms with Gasteiger partial charge in [-0.05, 0) is 18.9 Å². The van der Waals surface area contributed by atoms with Gasteiger partial charge in [-0.25, -0.2) is 4.79 Å². The van der Waals surface area contributed by atoms with E-state index in [4.69, 9.17) is 9.15 Å². The fourth-order valence-corrected chi connectivity index (χ4v) is 5.60. The average molecular weight is 364 g/mol. The molecular weight excluding hydrogens is 340 g/mol. The second-order valence-corrected chi connectivity index (χ2v) is 8.62. The first-order valence-electron chi connectivity index (χ1n) is 8.97. The lowest BCUT2D eigenvalue weighted by Gasteiger charge is -2.55. The van der Waals surface area contributed by atoms with E-state index in [0.29, 0.717) is 16.9 Å². The van der Waals surface area contributed by atoms with Crippen molar-refractivity contribution in [3.63, 3.8) is 0 Å². The summed E-state index contributed by atoms with van der Waals surface area (Å²) in [6.07, 6.45) is -4.32. The SMILES string of the molecule is CC(C)c1oc(=O)cc2c1[C@@H](O)C1OC(=O)[C@@]3(C)C[C@H](O)[C@@H](O)[C@@]2(C)[C@@H]13. The zero-order chi connectivity index (χ0) is 19.2. The molecule has 3 aliphatic rings. The smallest absolute Gasteiger partial charge is 0.336 e. The van der Waals surface area contributed by atoms with Gasteiger partial charge in [0.15, 0.2) is 0 Å². The van der Waals surface area contributed by atoms with Crippen LogP contribution in [0.5, 0.6) is 0 Å². The van der Waals surface area contributed by atoms with Crippen molar-refractivity contribution >= 4 is 5.97 Å². The highest BCUT2D eigenvalue weighted by Gasteiger charge is 2.71. The van der Waals surface area contributed by atoms with E-state index in [0.717, 1.165) is 0 Å². The molecule has 3 N–H and O–H groups in total. The number of carbonyl (C=O) groups excluding carboxylic acids is 1. The topological polar surface area (TPSA) is 117 Å². The molecule has 1 saturated heterocycles. The van der Waals surface area contributed by atoms with Gasteiger partial charge in [0.25, 0.3) is 0 Å². The molecule has 0 radical (unpaired) electrons. The third-order valence-electron chi connectivity index (χ3n) is 6.72. The van der Waals surface area contributed by atoms with Gasteiger partial charge in [-0.1, -0.05) is 20.8 Å². The van der Waals surface area contributed by atoms with Gasteiger partial charge < -0.3 is 24.5 Å². The van der Waals surface area contributed by atoms with Gasteiger partial charge >= 0.3 is 11.6 Å².